The normalized spacial score (nSPS) is 34.1. The van der Waals surface area contributed by atoms with Crippen LogP contribution in [0, 0.1) is 5.92 Å². The molecule has 1 amide bonds. The fourth-order valence-corrected chi connectivity index (χ4v) is 4.79. The van der Waals surface area contributed by atoms with Crippen molar-refractivity contribution in [1.29, 1.82) is 0 Å². The van der Waals surface area contributed by atoms with Gasteiger partial charge in [0.05, 0.1) is 6.04 Å². The molecule has 3 aliphatic heterocycles. The third kappa shape index (κ3) is 2.79. The van der Waals surface area contributed by atoms with Crippen LogP contribution < -0.4 is 5.32 Å². The number of rotatable bonds is 3. The van der Waals surface area contributed by atoms with Gasteiger partial charge in [-0.2, -0.15) is 0 Å². The van der Waals surface area contributed by atoms with Crippen molar-refractivity contribution in [3.05, 3.63) is 35.9 Å². The summed E-state index contributed by atoms with van der Waals surface area (Å²) < 4.78 is 0. The molecule has 3 aliphatic rings. The number of hydrogen-bond acceptors (Lipinski definition) is 2. The Morgan fingerprint density at radius 3 is 2.55 bits per heavy atom. The Morgan fingerprint density at radius 2 is 1.82 bits per heavy atom. The minimum Gasteiger partial charge on any atom is -0.336 e. The van der Waals surface area contributed by atoms with Crippen molar-refractivity contribution in [3.63, 3.8) is 0 Å². The van der Waals surface area contributed by atoms with E-state index < -0.39 is 0 Å². The summed E-state index contributed by atoms with van der Waals surface area (Å²) in [5.41, 5.74) is 1.30. The van der Waals surface area contributed by atoms with Gasteiger partial charge in [0, 0.05) is 25.0 Å². The zero-order chi connectivity index (χ0) is 14.9. The summed E-state index contributed by atoms with van der Waals surface area (Å²) in [6.45, 7) is 0.941. The summed E-state index contributed by atoms with van der Waals surface area (Å²) in [5.74, 6) is 0.987. The first kappa shape index (κ1) is 14.3. The Balaban J connectivity index is 1.41. The zero-order valence-electron chi connectivity index (χ0n) is 13.2. The lowest BCUT2D eigenvalue weighted by Crippen LogP contribution is -2.40. The van der Waals surface area contributed by atoms with Crippen molar-refractivity contribution >= 4 is 5.91 Å². The van der Waals surface area contributed by atoms with Crippen LogP contribution >= 0.6 is 0 Å². The molecule has 0 aliphatic carbocycles. The third-order valence-corrected chi connectivity index (χ3v) is 5.79. The van der Waals surface area contributed by atoms with E-state index in [1.807, 2.05) is 0 Å². The van der Waals surface area contributed by atoms with E-state index in [4.69, 9.17) is 0 Å². The van der Waals surface area contributed by atoms with E-state index in [1.54, 1.807) is 0 Å². The van der Waals surface area contributed by atoms with E-state index in [0.29, 0.717) is 30.0 Å². The first-order valence-electron chi connectivity index (χ1n) is 8.90. The molecule has 1 N–H and O–H groups in total. The van der Waals surface area contributed by atoms with E-state index in [9.17, 15) is 4.79 Å². The second-order valence-electron chi connectivity index (χ2n) is 7.34. The number of hydrogen-bond donors (Lipinski definition) is 1. The van der Waals surface area contributed by atoms with Crippen LogP contribution in [-0.2, 0) is 4.79 Å². The highest BCUT2D eigenvalue weighted by molar-refractivity contribution is 5.77. The van der Waals surface area contributed by atoms with Crippen LogP contribution in [0.1, 0.15) is 56.6 Å². The lowest BCUT2D eigenvalue weighted by Gasteiger charge is -2.31. The van der Waals surface area contributed by atoms with Crippen LogP contribution in [0.5, 0.6) is 0 Å². The van der Waals surface area contributed by atoms with Gasteiger partial charge >= 0.3 is 0 Å². The van der Waals surface area contributed by atoms with Crippen LogP contribution in [-0.4, -0.2) is 29.4 Å². The van der Waals surface area contributed by atoms with Crippen molar-refractivity contribution in [3.8, 4) is 0 Å². The Hall–Kier alpha value is -1.35. The van der Waals surface area contributed by atoms with Crippen molar-refractivity contribution in [1.82, 2.24) is 10.2 Å². The number of benzene rings is 1. The van der Waals surface area contributed by atoms with Gasteiger partial charge in [-0.3, -0.25) is 4.79 Å². The highest BCUT2D eigenvalue weighted by Crippen LogP contribution is 2.36. The number of nitrogens with zero attached hydrogens (tertiary/aromatic N) is 1. The zero-order valence-corrected chi connectivity index (χ0v) is 13.2. The molecule has 22 heavy (non-hydrogen) atoms. The molecule has 4 rings (SSSR count). The molecule has 1 aromatic rings. The van der Waals surface area contributed by atoms with Gasteiger partial charge in [-0.25, -0.2) is 0 Å². The van der Waals surface area contributed by atoms with Crippen LogP contribution in [0.3, 0.4) is 0 Å². The smallest absolute Gasteiger partial charge is 0.223 e. The summed E-state index contributed by atoms with van der Waals surface area (Å²) >= 11 is 0. The number of amides is 1. The van der Waals surface area contributed by atoms with E-state index in [2.05, 4.69) is 40.5 Å². The second-order valence-corrected chi connectivity index (χ2v) is 7.34. The summed E-state index contributed by atoms with van der Waals surface area (Å²) in [7, 11) is 0. The highest BCUT2D eigenvalue weighted by atomic mass is 16.2. The Morgan fingerprint density at radius 1 is 1.09 bits per heavy atom. The topological polar surface area (TPSA) is 32.3 Å². The third-order valence-electron chi connectivity index (χ3n) is 5.79. The van der Waals surface area contributed by atoms with Gasteiger partial charge in [-0.15, -0.1) is 0 Å². The molecule has 3 unspecified atom stereocenters. The highest BCUT2D eigenvalue weighted by Gasteiger charge is 2.36. The molecule has 3 nitrogen and oxygen atoms in total. The predicted octanol–water partition coefficient (Wildman–Crippen LogP) is 3.27. The van der Waals surface area contributed by atoms with Crippen LogP contribution in [0.15, 0.2) is 30.3 Å². The maximum absolute atomic E-state index is 12.8. The van der Waals surface area contributed by atoms with E-state index in [0.717, 1.165) is 25.8 Å². The molecule has 3 fully saturated rings. The molecule has 0 saturated carbocycles. The number of carbonyl (C=O) groups is 1. The van der Waals surface area contributed by atoms with Crippen molar-refractivity contribution < 1.29 is 4.79 Å². The Labute approximate surface area is 133 Å². The standard InChI is InChI=1S/C19H26N2O/c22-19(13-14-11-16-8-9-17(12-14)20-16)21-10-4-7-18(21)15-5-2-1-3-6-15/h1-3,5-6,14,16-18,20H,4,7-13H2. The average molecular weight is 298 g/mol. The lowest BCUT2D eigenvalue weighted by molar-refractivity contribution is -0.133. The quantitative estimate of drug-likeness (QED) is 0.929. The van der Waals surface area contributed by atoms with Crippen LogP contribution in [0.2, 0.25) is 0 Å². The number of likely N-dealkylation sites (tertiary alicyclic amines) is 1. The molecule has 3 heterocycles. The van der Waals surface area contributed by atoms with E-state index in [1.165, 1.54) is 31.2 Å². The molecule has 0 aromatic heterocycles. The molecule has 0 spiro atoms. The molecular formula is C19H26N2O. The number of fused-ring (bicyclic) bond motifs is 2. The first-order valence-corrected chi connectivity index (χ1v) is 8.90. The average Bonchev–Trinajstić information content (AvgIpc) is 3.15. The number of carbonyl (C=O) groups excluding carboxylic acids is 1. The Kier molecular flexibility index (Phi) is 3.91. The monoisotopic (exact) mass is 298 g/mol. The lowest BCUT2D eigenvalue weighted by atomic mass is 9.89. The second kappa shape index (κ2) is 6.04. The molecule has 2 bridgehead atoms. The molecule has 3 heteroatoms. The van der Waals surface area contributed by atoms with Crippen molar-refractivity contribution in [2.45, 2.75) is 63.1 Å². The van der Waals surface area contributed by atoms with Gasteiger partial charge in [-0.05, 0) is 50.0 Å². The van der Waals surface area contributed by atoms with Crippen LogP contribution in [0.4, 0.5) is 0 Å². The summed E-state index contributed by atoms with van der Waals surface area (Å²) in [5, 5.41) is 3.67. The van der Waals surface area contributed by atoms with Gasteiger partial charge in [0.15, 0.2) is 0 Å². The van der Waals surface area contributed by atoms with Crippen LogP contribution in [0.25, 0.3) is 0 Å². The van der Waals surface area contributed by atoms with Gasteiger partial charge in [0.2, 0.25) is 5.91 Å². The number of piperidine rings is 1. The van der Waals surface area contributed by atoms with Gasteiger partial charge in [0.1, 0.15) is 0 Å². The largest absolute Gasteiger partial charge is 0.336 e. The fraction of sp³-hybridized carbons (Fsp3) is 0.632. The summed E-state index contributed by atoms with van der Waals surface area (Å²) in [6, 6.07) is 12.2. The van der Waals surface area contributed by atoms with Gasteiger partial charge < -0.3 is 10.2 Å². The summed E-state index contributed by atoms with van der Waals surface area (Å²) in [6.07, 6.45) is 8.05. The molecule has 118 valence electrons. The van der Waals surface area contributed by atoms with Crippen molar-refractivity contribution in [2.24, 2.45) is 5.92 Å². The Bertz CT molecular complexity index is 517. The predicted molar refractivity (Wildman–Crippen MR) is 87.4 cm³/mol. The maximum Gasteiger partial charge on any atom is 0.223 e. The molecule has 3 atom stereocenters. The number of nitrogens with one attached hydrogen (secondary N) is 1. The van der Waals surface area contributed by atoms with Gasteiger partial charge in [-0.1, -0.05) is 30.3 Å². The SMILES string of the molecule is O=C(CC1CC2CCC(C1)N2)N1CCCC1c1ccccc1. The molecule has 3 saturated heterocycles. The van der Waals surface area contributed by atoms with E-state index in [-0.39, 0.29) is 0 Å². The van der Waals surface area contributed by atoms with E-state index >= 15 is 0 Å². The maximum atomic E-state index is 12.8. The van der Waals surface area contributed by atoms with Crippen molar-refractivity contribution in [2.75, 3.05) is 6.54 Å². The minimum absolute atomic E-state index is 0.312. The molecule has 1 aromatic carbocycles. The molecular weight excluding hydrogens is 272 g/mol. The summed E-state index contributed by atoms with van der Waals surface area (Å²) in [4.78, 5) is 15.0. The first-order chi connectivity index (χ1) is 10.8. The minimum atomic E-state index is 0.312. The fourth-order valence-electron chi connectivity index (χ4n) is 4.79. The molecule has 0 radical (unpaired) electrons. The van der Waals surface area contributed by atoms with Gasteiger partial charge in [0.25, 0.3) is 0 Å².